The van der Waals surface area contributed by atoms with Crippen LogP contribution in [0.1, 0.15) is 38.5 Å². The summed E-state index contributed by atoms with van der Waals surface area (Å²) in [6.45, 7) is 5.78. The van der Waals surface area contributed by atoms with E-state index in [0.717, 1.165) is 36.8 Å². The Kier molecular flexibility index (Phi) is 3.70. The van der Waals surface area contributed by atoms with Crippen molar-refractivity contribution in [3.05, 3.63) is 11.1 Å². The maximum atomic E-state index is 9.49. The first kappa shape index (κ1) is 12.8. The molecule has 1 aromatic rings. The minimum atomic E-state index is -0.487. The van der Waals surface area contributed by atoms with Gasteiger partial charge in [0, 0.05) is 25.6 Å². The molecule has 1 aliphatic rings. The summed E-state index contributed by atoms with van der Waals surface area (Å²) in [5, 5.41) is 12.4. The average molecular weight is 256 g/mol. The van der Waals surface area contributed by atoms with Crippen molar-refractivity contribution in [2.45, 2.75) is 38.4 Å². The molecule has 2 unspecified atom stereocenters. The van der Waals surface area contributed by atoms with Crippen LogP contribution in [-0.2, 0) is 4.74 Å². The zero-order valence-electron chi connectivity index (χ0n) is 10.6. The van der Waals surface area contributed by atoms with Gasteiger partial charge in [0.05, 0.1) is 17.4 Å². The maximum Gasteiger partial charge on any atom is 0.185 e. The number of hydrogen-bond acceptors (Lipinski definition) is 5. The Balaban J connectivity index is 2.11. The van der Waals surface area contributed by atoms with Crippen LogP contribution in [0.3, 0.4) is 0 Å². The Hall–Kier alpha value is -0.650. The van der Waals surface area contributed by atoms with E-state index in [1.54, 1.807) is 25.4 Å². The summed E-state index contributed by atoms with van der Waals surface area (Å²) in [5.41, 5.74) is 0.684. The Morgan fingerprint density at radius 1 is 1.65 bits per heavy atom. The molecule has 1 aliphatic heterocycles. The second-order valence-corrected chi connectivity index (χ2v) is 5.75. The van der Waals surface area contributed by atoms with E-state index < -0.39 is 6.10 Å². The Morgan fingerprint density at radius 3 is 3.00 bits per heavy atom. The summed E-state index contributed by atoms with van der Waals surface area (Å²) >= 11 is 1.59. The van der Waals surface area contributed by atoms with Crippen LogP contribution in [0.15, 0.2) is 5.38 Å². The van der Waals surface area contributed by atoms with E-state index in [9.17, 15) is 5.11 Å². The maximum absolute atomic E-state index is 9.49. The SMILES string of the molecule is COC1(C)CCCN(c2nc(C(C)O)cs2)C1. The molecular formula is C12H20N2O2S. The number of ether oxygens (including phenoxy) is 1. The number of hydrogen-bond donors (Lipinski definition) is 1. The summed E-state index contributed by atoms with van der Waals surface area (Å²) < 4.78 is 5.57. The normalized spacial score (nSPS) is 27.2. The molecule has 2 heterocycles. The van der Waals surface area contributed by atoms with Gasteiger partial charge in [-0.2, -0.15) is 0 Å². The van der Waals surface area contributed by atoms with Crippen LogP contribution >= 0.6 is 11.3 Å². The Morgan fingerprint density at radius 2 is 2.41 bits per heavy atom. The molecule has 0 saturated carbocycles. The number of piperidine rings is 1. The van der Waals surface area contributed by atoms with Crippen molar-refractivity contribution in [1.82, 2.24) is 4.98 Å². The number of aliphatic hydroxyl groups is 1. The number of thiazole rings is 1. The third-order valence-corrected chi connectivity index (χ3v) is 4.28. The van der Waals surface area contributed by atoms with Crippen LogP contribution in [0.5, 0.6) is 0 Å². The second kappa shape index (κ2) is 4.92. The lowest BCUT2D eigenvalue weighted by Gasteiger charge is -2.39. The molecule has 2 atom stereocenters. The van der Waals surface area contributed by atoms with Crippen LogP contribution in [-0.4, -0.2) is 35.9 Å². The van der Waals surface area contributed by atoms with E-state index >= 15 is 0 Å². The van der Waals surface area contributed by atoms with Crippen molar-refractivity contribution in [1.29, 1.82) is 0 Å². The highest BCUT2D eigenvalue weighted by Gasteiger charge is 2.31. The monoisotopic (exact) mass is 256 g/mol. The highest BCUT2D eigenvalue weighted by Crippen LogP contribution is 2.30. The molecular weight excluding hydrogens is 236 g/mol. The molecule has 0 bridgehead atoms. The summed E-state index contributed by atoms with van der Waals surface area (Å²) in [6.07, 6.45) is 1.72. The number of aromatic nitrogens is 1. The van der Waals surface area contributed by atoms with Gasteiger partial charge in [0.2, 0.25) is 0 Å². The van der Waals surface area contributed by atoms with Crippen LogP contribution < -0.4 is 4.90 Å². The molecule has 17 heavy (non-hydrogen) atoms. The summed E-state index contributed by atoms with van der Waals surface area (Å²) in [7, 11) is 1.77. The van der Waals surface area contributed by atoms with Gasteiger partial charge in [0.25, 0.3) is 0 Å². The van der Waals surface area contributed by atoms with Crippen molar-refractivity contribution >= 4 is 16.5 Å². The fourth-order valence-electron chi connectivity index (χ4n) is 2.15. The Bertz CT molecular complexity index is 380. The highest BCUT2D eigenvalue weighted by molar-refractivity contribution is 7.13. The number of nitrogens with zero attached hydrogens (tertiary/aromatic N) is 2. The summed E-state index contributed by atoms with van der Waals surface area (Å²) in [5.74, 6) is 0. The first-order valence-corrected chi connectivity index (χ1v) is 6.86. The number of aliphatic hydroxyl groups excluding tert-OH is 1. The second-order valence-electron chi connectivity index (χ2n) is 4.91. The zero-order chi connectivity index (χ0) is 12.5. The van der Waals surface area contributed by atoms with Gasteiger partial charge in [-0.1, -0.05) is 0 Å². The quantitative estimate of drug-likeness (QED) is 0.900. The van der Waals surface area contributed by atoms with Crippen molar-refractivity contribution in [3.8, 4) is 0 Å². The van der Waals surface area contributed by atoms with Gasteiger partial charge >= 0.3 is 0 Å². The van der Waals surface area contributed by atoms with Crippen LogP contribution in [0.4, 0.5) is 5.13 Å². The molecule has 4 nitrogen and oxygen atoms in total. The van der Waals surface area contributed by atoms with E-state index in [4.69, 9.17) is 4.74 Å². The number of rotatable bonds is 3. The topological polar surface area (TPSA) is 45.6 Å². The first-order chi connectivity index (χ1) is 8.04. The molecule has 2 rings (SSSR count). The largest absolute Gasteiger partial charge is 0.387 e. The minimum Gasteiger partial charge on any atom is -0.387 e. The van der Waals surface area contributed by atoms with Crippen molar-refractivity contribution in [2.24, 2.45) is 0 Å². The van der Waals surface area contributed by atoms with Crippen LogP contribution in [0.2, 0.25) is 0 Å². The molecule has 0 aliphatic carbocycles. The molecule has 1 aromatic heterocycles. The molecule has 0 spiro atoms. The smallest absolute Gasteiger partial charge is 0.185 e. The number of anilines is 1. The predicted molar refractivity (Wildman–Crippen MR) is 69.6 cm³/mol. The fraction of sp³-hybridized carbons (Fsp3) is 0.750. The van der Waals surface area contributed by atoms with Gasteiger partial charge < -0.3 is 14.7 Å². The lowest BCUT2D eigenvalue weighted by molar-refractivity contribution is -0.00467. The molecule has 96 valence electrons. The van der Waals surface area contributed by atoms with Gasteiger partial charge in [-0.15, -0.1) is 11.3 Å². The third kappa shape index (κ3) is 2.78. The fourth-order valence-corrected chi connectivity index (χ4v) is 3.09. The van der Waals surface area contributed by atoms with Gasteiger partial charge in [0.15, 0.2) is 5.13 Å². The number of methoxy groups -OCH3 is 1. The molecule has 0 amide bonds. The van der Waals surface area contributed by atoms with Gasteiger partial charge in [-0.25, -0.2) is 4.98 Å². The van der Waals surface area contributed by atoms with Crippen LogP contribution in [0.25, 0.3) is 0 Å². The first-order valence-electron chi connectivity index (χ1n) is 5.98. The standard InChI is InChI=1S/C12H20N2O2S/c1-9(15)10-7-17-11(13-10)14-6-4-5-12(2,8-14)16-3/h7,9,15H,4-6,8H2,1-3H3. The minimum absolute atomic E-state index is 0.0745. The van der Waals surface area contributed by atoms with E-state index in [-0.39, 0.29) is 5.60 Å². The van der Waals surface area contributed by atoms with Crippen LogP contribution in [0, 0.1) is 0 Å². The van der Waals surface area contributed by atoms with Gasteiger partial charge in [0.1, 0.15) is 0 Å². The third-order valence-electron chi connectivity index (χ3n) is 3.36. The van der Waals surface area contributed by atoms with Crippen molar-refractivity contribution in [3.63, 3.8) is 0 Å². The molecule has 0 radical (unpaired) electrons. The summed E-state index contributed by atoms with van der Waals surface area (Å²) in [6, 6.07) is 0. The molecule has 1 fully saturated rings. The van der Waals surface area contributed by atoms with Gasteiger partial charge in [-0.05, 0) is 26.7 Å². The molecule has 5 heteroatoms. The van der Waals surface area contributed by atoms with Gasteiger partial charge in [-0.3, -0.25) is 0 Å². The van der Waals surface area contributed by atoms with E-state index in [0.29, 0.717) is 0 Å². The lowest BCUT2D eigenvalue weighted by atomic mass is 9.95. The van der Waals surface area contributed by atoms with Crippen molar-refractivity contribution < 1.29 is 9.84 Å². The van der Waals surface area contributed by atoms with E-state index in [1.165, 1.54) is 0 Å². The summed E-state index contributed by atoms with van der Waals surface area (Å²) in [4.78, 5) is 6.73. The highest BCUT2D eigenvalue weighted by atomic mass is 32.1. The lowest BCUT2D eigenvalue weighted by Crippen LogP contribution is -2.47. The van der Waals surface area contributed by atoms with E-state index in [1.807, 2.05) is 5.38 Å². The molecule has 1 saturated heterocycles. The molecule has 0 aromatic carbocycles. The van der Waals surface area contributed by atoms with E-state index in [2.05, 4.69) is 16.8 Å². The average Bonchev–Trinajstić information content (AvgIpc) is 2.78. The molecule has 1 N–H and O–H groups in total. The Labute approximate surface area is 106 Å². The van der Waals surface area contributed by atoms with Crippen molar-refractivity contribution in [2.75, 3.05) is 25.1 Å². The zero-order valence-corrected chi connectivity index (χ0v) is 11.5. The predicted octanol–water partition coefficient (Wildman–Crippen LogP) is 2.20.